The Morgan fingerprint density at radius 3 is 2.59 bits per heavy atom. The molecule has 1 fully saturated rings. The Hall–Kier alpha value is -4.03. The smallest absolute Gasteiger partial charge is 0.246 e. The number of amides is 1. The highest BCUT2D eigenvalue weighted by Crippen LogP contribution is 2.34. The molecule has 1 aliphatic heterocycles. The number of anilines is 1. The number of carbonyl (C=O) groups excluding carboxylic acids is 1. The van der Waals surface area contributed by atoms with Crippen molar-refractivity contribution in [1.29, 1.82) is 0 Å². The fourth-order valence-corrected chi connectivity index (χ4v) is 4.31. The SMILES string of the molecule is C=CC(=O)N1CCC(n2c(COC)c(C#Cc3cc(OC)cc(OC)c3)c3c(N)ncnc32)C1. The fraction of sp³-hybridized carbons (Fsp3) is 0.320. The molecule has 9 nitrogen and oxygen atoms in total. The predicted octanol–water partition coefficient (Wildman–Crippen LogP) is 2.54. The number of hydrogen-bond donors (Lipinski definition) is 1. The molecule has 34 heavy (non-hydrogen) atoms. The highest BCUT2D eigenvalue weighted by molar-refractivity contribution is 5.94. The minimum atomic E-state index is -0.0895. The first-order valence-electron chi connectivity index (χ1n) is 10.8. The quantitative estimate of drug-likeness (QED) is 0.444. The van der Waals surface area contributed by atoms with E-state index in [1.54, 1.807) is 32.3 Å². The monoisotopic (exact) mass is 461 g/mol. The Morgan fingerprint density at radius 1 is 1.21 bits per heavy atom. The van der Waals surface area contributed by atoms with Gasteiger partial charge in [0.1, 0.15) is 29.3 Å². The van der Waals surface area contributed by atoms with Gasteiger partial charge in [-0.15, -0.1) is 0 Å². The Balaban J connectivity index is 1.87. The van der Waals surface area contributed by atoms with E-state index in [2.05, 4.69) is 33.0 Å². The molecule has 1 amide bonds. The van der Waals surface area contributed by atoms with E-state index in [-0.39, 0.29) is 11.9 Å². The Kier molecular flexibility index (Phi) is 6.70. The van der Waals surface area contributed by atoms with Gasteiger partial charge in [-0.3, -0.25) is 4.79 Å². The van der Waals surface area contributed by atoms with Crippen LogP contribution >= 0.6 is 0 Å². The Bertz CT molecular complexity index is 1280. The second-order valence-corrected chi connectivity index (χ2v) is 7.86. The molecular formula is C25H27N5O4. The first-order valence-corrected chi connectivity index (χ1v) is 10.8. The van der Waals surface area contributed by atoms with E-state index < -0.39 is 0 Å². The molecule has 0 bridgehead atoms. The van der Waals surface area contributed by atoms with Crippen LogP contribution in [0.5, 0.6) is 11.5 Å². The lowest BCUT2D eigenvalue weighted by atomic mass is 10.1. The number of nitrogens with two attached hydrogens (primary N) is 1. The van der Waals surface area contributed by atoms with Crippen molar-refractivity contribution in [2.45, 2.75) is 19.1 Å². The van der Waals surface area contributed by atoms with Crippen LogP contribution in [0.15, 0.2) is 37.2 Å². The van der Waals surface area contributed by atoms with E-state index in [1.165, 1.54) is 12.4 Å². The molecule has 1 aliphatic rings. The average molecular weight is 462 g/mol. The zero-order valence-electron chi connectivity index (χ0n) is 19.5. The summed E-state index contributed by atoms with van der Waals surface area (Å²) in [4.78, 5) is 22.7. The van der Waals surface area contributed by atoms with E-state index >= 15 is 0 Å². The van der Waals surface area contributed by atoms with Crippen LogP contribution in [0.1, 0.15) is 29.3 Å². The van der Waals surface area contributed by atoms with Crippen LogP contribution < -0.4 is 15.2 Å². The molecule has 176 valence electrons. The molecule has 3 aromatic rings. The number of benzene rings is 1. The summed E-state index contributed by atoms with van der Waals surface area (Å²) in [6.07, 6.45) is 3.55. The number of ether oxygens (including phenoxy) is 3. The van der Waals surface area contributed by atoms with Gasteiger partial charge in [-0.05, 0) is 24.6 Å². The maximum Gasteiger partial charge on any atom is 0.246 e. The van der Waals surface area contributed by atoms with Crippen molar-refractivity contribution in [3.63, 3.8) is 0 Å². The summed E-state index contributed by atoms with van der Waals surface area (Å²) in [5.74, 6) is 8.01. The van der Waals surface area contributed by atoms with Crippen LogP contribution in [0.2, 0.25) is 0 Å². The molecule has 2 N–H and O–H groups in total. The number of nitrogens with zero attached hydrogens (tertiary/aromatic N) is 4. The van der Waals surface area contributed by atoms with Gasteiger partial charge in [-0.1, -0.05) is 18.4 Å². The van der Waals surface area contributed by atoms with Crippen molar-refractivity contribution in [1.82, 2.24) is 19.4 Å². The van der Waals surface area contributed by atoms with Gasteiger partial charge in [-0.25, -0.2) is 9.97 Å². The van der Waals surface area contributed by atoms with E-state index in [4.69, 9.17) is 19.9 Å². The van der Waals surface area contributed by atoms with E-state index in [0.29, 0.717) is 53.6 Å². The van der Waals surface area contributed by atoms with Crippen LogP contribution in [0.4, 0.5) is 5.82 Å². The summed E-state index contributed by atoms with van der Waals surface area (Å²) in [6.45, 7) is 5.07. The van der Waals surface area contributed by atoms with Gasteiger partial charge < -0.3 is 29.4 Å². The number of aromatic nitrogens is 3. The number of methoxy groups -OCH3 is 3. The normalized spacial score (nSPS) is 15.1. The molecule has 0 saturated carbocycles. The lowest BCUT2D eigenvalue weighted by Crippen LogP contribution is -2.27. The third-order valence-corrected chi connectivity index (χ3v) is 5.89. The maximum atomic E-state index is 12.2. The first kappa shape index (κ1) is 23.1. The van der Waals surface area contributed by atoms with Crippen molar-refractivity contribution >= 4 is 22.8 Å². The highest BCUT2D eigenvalue weighted by atomic mass is 16.5. The second kappa shape index (κ2) is 9.85. The molecule has 1 aromatic carbocycles. The minimum Gasteiger partial charge on any atom is -0.497 e. The molecule has 0 aliphatic carbocycles. The van der Waals surface area contributed by atoms with Crippen LogP contribution in [0, 0.1) is 11.8 Å². The van der Waals surface area contributed by atoms with Crippen molar-refractivity contribution in [2.24, 2.45) is 0 Å². The lowest BCUT2D eigenvalue weighted by Gasteiger charge is -2.18. The number of nitrogen functional groups attached to an aromatic ring is 1. The van der Waals surface area contributed by atoms with Gasteiger partial charge in [0.25, 0.3) is 0 Å². The first-order chi connectivity index (χ1) is 16.5. The van der Waals surface area contributed by atoms with Crippen molar-refractivity contribution in [3.8, 4) is 23.3 Å². The van der Waals surface area contributed by atoms with Crippen LogP contribution in [0.25, 0.3) is 11.0 Å². The van der Waals surface area contributed by atoms with Crippen LogP contribution in [-0.2, 0) is 16.1 Å². The van der Waals surface area contributed by atoms with Crippen molar-refractivity contribution in [2.75, 3.05) is 40.2 Å². The molecule has 2 aromatic heterocycles. The number of likely N-dealkylation sites (tertiary alicyclic amines) is 1. The van der Waals surface area contributed by atoms with Crippen molar-refractivity contribution in [3.05, 3.63) is 54.0 Å². The molecule has 4 rings (SSSR count). The van der Waals surface area contributed by atoms with Crippen LogP contribution in [-0.4, -0.2) is 59.8 Å². The third-order valence-electron chi connectivity index (χ3n) is 5.89. The summed E-state index contributed by atoms with van der Waals surface area (Å²) in [6, 6.07) is 5.45. The van der Waals surface area contributed by atoms with Gasteiger partial charge in [0.15, 0.2) is 0 Å². The molecule has 1 unspecified atom stereocenters. The zero-order chi connectivity index (χ0) is 24.2. The minimum absolute atomic E-state index is 0.00156. The summed E-state index contributed by atoms with van der Waals surface area (Å²) in [5.41, 5.74) is 9.23. The zero-order valence-corrected chi connectivity index (χ0v) is 19.5. The number of carbonyl (C=O) groups is 1. The van der Waals surface area contributed by atoms with E-state index in [1.807, 2.05) is 12.1 Å². The predicted molar refractivity (Wildman–Crippen MR) is 129 cm³/mol. The lowest BCUT2D eigenvalue weighted by molar-refractivity contribution is -0.125. The second-order valence-electron chi connectivity index (χ2n) is 7.86. The Morgan fingerprint density at radius 2 is 1.94 bits per heavy atom. The highest BCUT2D eigenvalue weighted by Gasteiger charge is 2.31. The molecule has 1 atom stereocenters. The Labute approximate surface area is 198 Å². The summed E-state index contributed by atoms with van der Waals surface area (Å²) in [7, 11) is 4.82. The van der Waals surface area contributed by atoms with Crippen LogP contribution in [0.3, 0.4) is 0 Å². The fourth-order valence-electron chi connectivity index (χ4n) is 4.31. The van der Waals surface area contributed by atoms with Gasteiger partial charge in [0.05, 0.1) is 43.5 Å². The summed E-state index contributed by atoms with van der Waals surface area (Å²) >= 11 is 0. The molecule has 0 spiro atoms. The van der Waals surface area contributed by atoms with Gasteiger partial charge >= 0.3 is 0 Å². The molecule has 1 saturated heterocycles. The number of rotatable bonds is 6. The van der Waals surface area contributed by atoms with E-state index in [0.717, 1.165) is 17.7 Å². The topological polar surface area (TPSA) is 105 Å². The summed E-state index contributed by atoms with van der Waals surface area (Å²) < 4.78 is 18.4. The molecule has 0 radical (unpaired) electrons. The van der Waals surface area contributed by atoms with E-state index in [9.17, 15) is 4.79 Å². The molecule has 9 heteroatoms. The largest absolute Gasteiger partial charge is 0.497 e. The summed E-state index contributed by atoms with van der Waals surface area (Å²) in [5, 5.41) is 0.672. The third kappa shape index (κ3) is 4.28. The number of fused-ring (bicyclic) bond motifs is 1. The average Bonchev–Trinajstić information content (AvgIpc) is 3.45. The van der Waals surface area contributed by atoms with Crippen molar-refractivity contribution < 1.29 is 19.0 Å². The number of hydrogen-bond acceptors (Lipinski definition) is 7. The standard InChI is InChI=1S/C25H27N5O4/c1-5-22(31)29-9-8-17(13-29)30-21(14-32-2)20(23-24(26)27-15-28-25(23)30)7-6-16-10-18(33-3)12-19(11-16)34-4/h5,10-12,15,17H,1,8-9,13-14H2,2-4H3,(H2,26,27,28). The molecular weight excluding hydrogens is 434 g/mol. The van der Waals surface area contributed by atoms with Gasteiger partial charge in [0, 0.05) is 31.8 Å². The van der Waals surface area contributed by atoms with Gasteiger partial charge in [0.2, 0.25) is 5.91 Å². The maximum absolute atomic E-state index is 12.2. The molecule has 3 heterocycles. The van der Waals surface area contributed by atoms with Gasteiger partial charge in [-0.2, -0.15) is 0 Å².